The Morgan fingerprint density at radius 1 is 0.765 bits per heavy atom. The zero-order valence-corrected chi connectivity index (χ0v) is 19.9. The Morgan fingerprint density at radius 2 is 1.32 bits per heavy atom. The van der Waals surface area contributed by atoms with Gasteiger partial charge in [0, 0.05) is 12.7 Å². The average molecular weight is 476 g/mol. The van der Waals surface area contributed by atoms with Crippen molar-refractivity contribution in [1.82, 2.24) is 9.62 Å². The highest BCUT2D eigenvalue weighted by molar-refractivity contribution is 7.89. The van der Waals surface area contributed by atoms with Crippen molar-refractivity contribution in [1.29, 1.82) is 0 Å². The fourth-order valence-corrected chi connectivity index (χ4v) is 4.91. The number of rotatable bonds is 7. The number of sulfonamides is 1. The molecule has 2 N–H and O–H groups in total. The highest BCUT2D eigenvalue weighted by Crippen LogP contribution is 2.33. The first kappa shape index (κ1) is 23.4. The molecule has 34 heavy (non-hydrogen) atoms. The van der Waals surface area contributed by atoms with Crippen LogP contribution in [0.25, 0.3) is 0 Å². The zero-order chi connectivity index (χ0) is 24.5. The normalized spacial score (nSPS) is 15.1. The largest absolute Gasteiger partial charge is 0.351 e. The summed E-state index contributed by atoms with van der Waals surface area (Å²) in [5, 5.41) is 3.03. The van der Waals surface area contributed by atoms with E-state index in [4.69, 9.17) is 0 Å². The van der Waals surface area contributed by atoms with Crippen LogP contribution in [0.2, 0.25) is 0 Å². The van der Waals surface area contributed by atoms with Crippen molar-refractivity contribution in [2.24, 2.45) is 0 Å². The van der Waals surface area contributed by atoms with E-state index in [-0.39, 0.29) is 16.2 Å². The molecule has 0 saturated carbocycles. The molecule has 0 spiro atoms. The Labute approximate surface area is 199 Å². The number of nitrogens with one attached hydrogen (secondary N) is 2. The Hall–Kier alpha value is -3.75. The van der Waals surface area contributed by atoms with Gasteiger partial charge in [-0.15, -0.1) is 0 Å². The molecule has 0 saturated heterocycles. The number of para-hydroxylation sites is 1. The fraction of sp³-hybridized carbons (Fsp3) is 0.154. The van der Waals surface area contributed by atoms with Crippen LogP contribution in [-0.2, 0) is 19.6 Å². The molecular weight excluding hydrogens is 450 g/mol. The molecule has 1 aliphatic rings. The predicted octanol–water partition coefficient (Wildman–Crippen LogP) is 3.69. The second-order valence-electron chi connectivity index (χ2n) is 8.23. The third kappa shape index (κ3) is 4.64. The molecule has 2 amide bonds. The Balaban J connectivity index is 1.85. The summed E-state index contributed by atoms with van der Waals surface area (Å²) < 4.78 is 29.3. The number of nitrogens with zero attached hydrogens (tertiary/aromatic N) is 1. The van der Waals surface area contributed by atoms with Crippen molar-refractivity contribution < 1.29 is 18.0 Å². The molecule has 0 aliphatic carbocycles. The Kier molecular flexibility index (Phi) is 6.37. The van der Waals surface area contributed by atoms with Crippen molar-refractivity contribution in [3.63, 3.8) is 0 Å². The first-order chi connectivity index (χ1) is 16.2. The van der Waals surface area contributed by atoms with Crippen LogP contribution in [0.3, 0.4) is 0 Å². The number of amides is 2. The van der Waals surface area contributed by atoms with Crippen molar-refractivity contribution in [3.8, 4) is 0 Å². The minimum atomic E-state index is -4.02. The molecule has 0 bridgehead atoms. The minimum absolute atomic E-state index is 0.0379. The molecule has 174 valence electrons. The highest BCUT2D eigenvalue weighted by atomic mass is 32.2. The zero-order valence-electron chi connectivity index (χ0n) is 19.1. The third-order valence-electron chi connectivity index (χ3n) is 5.67. The second kappa shape index (κ2) is 9.24. The second-order valence-corrected chi connectivity index (χ2v) is 9.94. The topological polar surface area (TPSA) is 95.6 Å². The van der Waals surface area contributed by atoms with Gasteiger partial charge in [-0.1, -0.05) is 65.7 Å². The van der Waals surface area contributed by atoms with Crippen LogP contribution in [0.5, 0.6) is 0 Å². The maximum Gasteiger partial charge on any atom is 0.277 e. The minimum Gasteiger partial charge on any atom is -0.351 e. The highest BCUT2D eigenvalue weighted by Gasteiger charge is 2.42. The number of hydrogen-bond acceptors (Lipinski definition) is 5. The van der Waals surface area contributed by atoms with Crippen LogP contribution in [0.1, 0.15) is 22.7 Å². The summed E-state index contributed by atoms with van der Waals surface area (Å²) in [6.07, 6.45) is 0. The van der Waals surface area contributed by atoms with Gasteiger partial charge in [0.15, 0.2) is 0 Å². The molecule has 0 aromatic heterocycles. The number of aryl methyl sites for hydroxylation is 2. The van der Waals surface area contributed by atoms with Crippen LogP contribution in [0, 0.1) is 13.8 Å². The van der Waals surface area contributed by atoms with E-state index in [9.17, 15) is 18.0 Å². The average Bonchev–Trinajstić information content (AvgIpc) is 3.02. The monoisotopic (exact) mass is 475 g/mol. The van der Waals surface area contributed by atoms with Gasteiger partial charge in [-0.25, -0.2) is 8.42 Å². The van der Waals surface area contributed by atoms with Crippen LogP contribution >= 0.6 is 0 Å². The summed E-state index contributed by atoms with van der Waals surface area (Å²) in [6, 6.07) is 21.5. The molecule has 3 aromatic rings. The standard InChI is InChI=1S/C26H25N3O4S/c1-17-9-13-19(14-10-17)23(28-34(32,33)21-15-11-18(2)12-16-21)22-24(26(31)29(3)25(22)30)27-20-7-5-4-6-8-20/h4-16,23,27-28H,1-3H3. The van der Waals surface area contributed by atoms with E-state index in [1.54, 1.807) is 48.5 Å². The van der Waals surface area contributed by atoms with Gasteiger partial charge < -0.3 is 5.32 Å². The van der Waals surface area contributed by atoms with E-state index >= 15 is 0 Å². The number of carbonyl (C=O) groups excluding carboxylic acids is 2. The van der Waals surface area contributed by atoms with E-state index in [0.29, 0.717) is 11.3 Å². The van der Waals surface area contributed by atoms with Crippen molar-refractivity contribution in [3.05, 3.63) is 107 Å². The van der Waals surface area contributed by atoms with Gasteiger partial charge in [-0.3, -0.25) is 14.5 Å². The van der Waals surface area contributed by atoms with Gasteiger partial charge >= 0.3 is 0 Å². The molecule has 1 atom stereocenters. The van der Waals surface area contributed by atoms with Gasteiger partial charge in [0.1, 0.15) is 5.70 Å². The fourth-order valence-electron chi connectivity index (χ4n) is 3.71. The van der Waals surface area contributed by atoms with Gasteiger partial charge in [0.25, 0.3) is 11.8 Å². The smallest absolute Gasteiger partial charge is 0.277 e. The number of benzene rings is 3. The van der Waals surface area contributed by atoms with E-state index in [0.717, 1.165) is 16.0 Å². The van der Waals surface area contributed by atoms with Crippen LogP contribution in [0.4, 0.5) is 5.69 Å². The molecule has 1 heterocycles. The molecule has 7 nitrogen and oxygen atoms in total. The van der Waals surface area contributed by atoms with E-state index in [2.05, 4.69) is 10.0 Å². The van der Waals surface area contributed by atoms with Crippen LogP contribution < -0.4 is 10.0 Å². The number of likely N-dealkylation sites (N-methyl/N-ethyl adjacent to an activating group) is 1. The first-order valence-electron chi connectivity index (χ1n) is 10.7. The maximum absolute atomic E-state index is 13.3. The van der Waals surface area contributed by atoms with Crippen molar-refractivity contribution >= 4 is 27.5 Å². The lowest BCUT2D eigenvalue weighted by Crippen LogP contribution is -2.34. The maximum atomic E-state index is 13.3. The lowest BCUT2D eigenvalue weighted by atomic mass is 9.97. The predicted molar refractivity (Wildman–Crippen MR) is 130 cm³/mol. The Morgan fingerprint density at radius 3 is 1.91 bits per heavy atom. The molecule has 4 rings (SSSR count). The lowest BCUT2D eigenvalue weighted by molar-refractivity contribution is -0.136. The van der Waals surface area contributed by atoms with E-state index in [1.807, 2.05) is 32.0 Å². The summed E-state index contributed by atoms with van der Waals surface area (Å²) >= 11 is 0. The molecule has 1 aliphatic heterocycles. The quantitative estimate of drug-likeness (QED) is 0.508. The number of hydrogen-bond donors (Lipinski definition) is 2. The van der Waals surface area contributed by atoms with Gasteiger partial charge in [0.05, 0.1) is 16.5 Å². The van der Waals surface area contributed by atoms with Crippen LogP contribution in [-0.4, -0.2) is 32.2 Å². The van der Waals surface area contributed by atoms with E-state index < -0.39 is 27.9 Å². The van der Waals surface area contributed by atoms with Gasteiger partial charge in [-0.2, -0.15) is 4.72 Å². The summed E-state index contributed by atoms with van der Waals surface area (Å²) in [4.78, 5) is 27.3. The number of carbonyl (C=O) groups is 2. The van der Waals surface area contributed by atoms with Crippen molar-refractivity contribution in [2.75, 3.05) is 12.4 Å². The summed E-state index contributed by atoms with van der Waals surface area (Å²) in [5.41, 5.74) is 3.12. The SMILES string of the molecule is Cc1ccc(C(NS(=O)(=O)c2ccc(C)cc2)C2=C(Nc3ccccc3)C(=O)N(C)C2=O)cc1. The molecule has 0 fully saturated rings. The number of anilines is 1. The molecule has 8 heteroatoms. The van der Waals surface area contributed by atoms with Gasteiger partial charge in [0.2, 0.25) is 10.0 Å². The van der Waals surface area contributed by atoms with Crippen molar-refractivity contribution in [2.45, 2.75) is 24.8 Å². The molecule has 1 unspecified atom stereocenters. The molecule has 0 radical (unpaired) electrons. The first-order valence-corrected chi connectivity index (χ1v) is 12.2. The summed E-state index contributed by atoms with van der Waals surface area (Å²) in [5.74, 6) is -1.10. The molecular formula is C26H25N3O4S. The Bertz CT molecular complexity index is 1360. The van der Waals surface area contributed by atoms with Crippen LogP contribution in [0.15, 0.2) is 95.0 Å². The van der Waals surface area contributed by atoms with E-state index in [1.165, 1.54) is 19.2 Å². The van der Waals surface area contributed by atoms with Gasteiger partial charge in [-0.05, 0) is 43.7 Å². The number of imide groups is 1. The summed E-state index contributed by atoms with van der Waals surface area (Å²) in [6.45, 7) is 3.78. The lowest BCUT2D eigenvalue weighted by Gasteiger charge is -2.21. The summed E-state index contributed by atoms with van der Waals surface area (Å²) in [7, 11) is -2.64. The third-order valence-corrected chi connectivity index (χ3v) is 7.11. The molecule has 3 aromatic carbocycles.